The summed E-state index contributed by atoms with van der Waals surface area (Å²) in [5.74, 6) is 8.27. The molecule has 0 N–H and O–H groups in total. The molecular formula is C62H112F12. The second kappa shape index (κ2) is 24.5. The lowest BCUT2D eigenvalue weighted by Crippen LogP contribution is -2.46. The van der Waals surface area contributed by atoms with Crippen LogP contribution in [0, 0.1) is 133 Å². The molecule has 444 valence electrons. The van der Waals surface area contributed by atoms with Gasteiger partial charge < -0.3 is 0 Å². The smallest absolute Gasteiger partial charge is 0.171 e. The first kappa shape index (κ1) is 71.2. The molecule has 0 heterocycles. The molecule has 74 heavy (non-hydrogen) atoms. The Morgan fingerprint density at radius 1 is 0.338 bits per heavy atom. The molecule has 0 aromatic carbocycles. The van der Waals surface area contributed by atoms with Crippen LogP contribution in [0.25, 0.3) is 0 Å². The van der Waals surface area contributed by atoms with Gasteiger partial charge in [-0.15, -0.1) is 0 Å². The van der Waals surface area contributed by atoms with Crippen molar-refractivity contribution in [2.24, 2.45) is 133 Å². The van der Waals surface area contributed by atoms with Crippen molar-refractivity contribution >= 4 is 0 Å². The average Bonchev–Trinajstić information content (AvgIpc) is 3.70. The van der Waals surface area contributed by atoms with Crippen LogP contribution in [0.15, 0.2) is 0 Å². The number of hydrogen-bond acceptors (Lipinski definition) is 0. The summed E-state index contributed by atoms with van der Waals surface area (Å²) in [6.07, 6.45) is -8.38. The lowest BCUT2D eigenvalue weighted by atomic mass is 9.68. The van der Waals surface area contributed by atoms with Crippen molar-refractivity contribution in [3.63, 3.8) is 0 Å². The van der Waals surface area contributed by atoms with Crippen LogP contribution in [0.2, 0.25) is 0 Å². The van der Waals surface area contributed by atoms with Gasteiger partial charge >= 0.3 is 24.7 Å². The van der Waals surface area contributed by atoms with Gasteiger partial charge in [0, 0.05) is 0 Å². The molecule has 10 aliphatic rings. The largest absolute Gasteiger partial charge is 0.404 e. The van der Waals surface area contributed by atoms with E-state index in [2.05, 4.69) is 152 Å². The van der Waals surface area contributed by atoms with Crippen molar-refractivity contribution in [2.45, 2.75) is 263 Å². The Labute approximate surface area is 446 Å². The van der Waals surface area contributed by atoms with Gasteiger partial charge in [0.25, 0.3) is 0 Å². The third-order valence-corrected chi connectivity index (χ3v) is 22.2. The maximum absolute atomic E-state index is 12.4. The number of hydrogen-bond donors (Lipinski definition) is 0. The molecule has 0 aromatic rings. The minimum Gasteiger partial charge on any atom is -0.171 e. The van der Waals surface area contributed by atoms with Crippen molar-refractivity contribution in [1.29, 1.82) is 0 Å². The van der Waals surface area contributed by atoms with E-state index in [0.29, 0.717) is 23.2 Å². The van der Waals surface area contributed by atoms with Gasteiger partial charge in [0.2, 0.25) is 0 Å². The van der Waals surface area contributed by atoms with Crippen LogP contribution in [0.3, 0.4) is 0 Å². The Morgan fingerprint density at radius 3 is 0.595 bits per heavy atom. The van der Waals surface area contributed by atoms with Crippen LogP contribution in [-0.2, 0) is 0 Å². The summed E-state index contributed by atoms with van der Waals surface area (Å²) in [6.45, 7) is 54.6. The van der Waals surface area contributed by atoms with E-state index >= 15 is 0 Å². The third kappa shape index (κ3) is 19.2. The molecule has 0 aromatic heterocycles. The summed E-state index contributed by atoms with van der Waals surface area (Å²) >= 11 is 0. The second-order valence-corrected chi connectivity index (χ2v) is 30.1. The SMILES string of the molecule is CC1(C)CC1.CC1(C)CC1.CC1C(C(F)(F)F)[C@@H]1C.CC1C(C)(C)C1(C)C.CC1C(C)C1C.CC1CC(C)C1.CC1CC(C)C1C.CC1C[C@H]1C.C[C@@H]1C(C)(C(F)(F)F)C1(C(F)(F)F)C(F)(F)F.C[C@@H]1CC1(C)C. The molecule has 0 saturated heterocycles. The summed E-state index contributed by atoms with van der Waals surface area (Å²) in [5.41, 5.74) is -5.11. The highest BCUT2D eigenvalue weighted by molar-refractivity contribution is 5.27. The predicted octanol–water partition coefficient (Wildman–Crippen LogP) is 23.0. The van der Waals surface area contributed by atoms with Gasteiger partial charge in [-0.05, 0) is 181 Å². The Kier molecular flexibility index (Phi) is 23.6. The maximum atomic E-state index is 12.4. The van der Waals surface area contributed by atoms with Crippen molar-refractivity contribution < 1.29 is 52.7 Å². The average molecular weight is 1090 g/mol. The highest BCUT2D eigenvalue weighted by atomic mass is 19.4. The van der Waals surface area contributed by atoms with E-state index in [-0.39, 0.29) is 18.8 Å². The van der Waals surface area contributed by atoms with Crippen LogP contribution in [0.4, 0.5) is 52.7 Å². The van der Waals surface area contributed by atoms with Crippen molar-refractivity contribution in [2.75, 3.05) is 0 Å². The van der Waals surface area contributed by atoms with Crippen LogP contribution in [0.5, 0.6) is 0 Å². The van der Waals surface area contributed by atoms with Crippen molar-refractivity contribution in [3.8, 4) is 0 Å². The molecule has 0 nitrogen and oxygen atoms in total. The van der Waals surface area contributed by atoms with Gasteiger partial charge in [-0.25, -0.2) is 0 Å². The third-order valence-electron chi connectivity index (χ3n) is 22.2. The quantitative estimate of drug-likeness (QED) is 0.212. The first-order chi connectivity index (χ1) is 32.6. The number of rotatable bonds is 0. The molecule has 0 bridgehead atoms. The predicted molar refractivity (Wildman–Crippen MR) is 286 cm³/mol. The van der Waals surface area contributed by atoms with E-state index in [1.807, 2.05) is 0 Å². The van der Waals surface area contributed by atoms with E-state index < -0.39 is 47.4 Å². The zero-order valence-corrected chi connectivity index (χ0v) is 51.6. The topological polar surface area (TPSA) is 0 Å². The van der Waals surface area contributed by atoms with Gasteiger partial charge in [-0.1, -0.05) is 173 Å². The molecule has 10 rings (SSSR count). The first-order valence-corrected chi connectivity index (χ1v) is 28.9. The Bertz CT molecular complexity index is 1580. The van der Waals surface area contributed by atoms with E-state index in [4.69, 9.17) is 0 Å². The number of halogens is 12. The minimum atomic E-state index is -5.99. The molecule has 10 atom stereocenters. The Balaban J connectivity index is 0.000000423. The fourth-order valence-corrected chi connectivity index (χ4v) is 10.7. The van der Waals surface area contributed by atoms with Gasteiger partial charge in [0.1, 0.15) is 0 Å². The summed E-state index contributed by atoms with van der Waals surface area (Å²) < 4.78 is 147. The summed E-state index contributed by atoms with van der Waals surface area (Å²) in [5, 5.41) is 0. The maximum Gasteiger partial charge on any atom is 0.404 e. The number of alkyl halides is 12. The zero-order valence-electron chi connectivity index (χ0n) is 51.6. The molecule has 0 aliphatic heterocycles. The fourth-order valence-electron chi connectivity index (χ4n) is 10.7. The molecule has 0 spiro atoms. The molecule has 10 aliphatic carbocycles. The first-order valence-electron chi connectivity index (χ1n) is 28.9. The Morgan fingerprint density at radius 2 is 0.581 bits per heavy atom. The van der Waals surface area contributed by atoms with Gasteiger partial charge in [-0.3, -0.25) is 0 Å². The van der Waals surface area contributed by atoms with E-state index in [1.54, 1.807) is 13.8 Å². The molecule has 12 heteroatoms. The summed E-state index contributed by atoms with van der Waals surface area (Å²) in [4.78, 5) is 0. The normalized spacial score (nSPS) is 40.1. The van der Waals surface area contributed by atoms with Crippen molar-refractivity contribution in [3.05, 3.63) is 0 Å². The lowest BCUT2D eigenvalue weighted by Gasteiger charge is -2.38. The summed E-state index contributed by atoms with van der Waals surface area (Å²) in [6, 6.07) is 0. The fraction of sp³-hybridized carbons (Fsp3) is 1.00. The van der Waals surface area contributed by atoms with Gasteiger partial charge in [0.05, 0.1) is 11.3 Å². The van der Waals surface area contributed by atoms with Crippen molar-refractivity contribution in [1.82, 2.24) is 0 Å². The lowest BCUT2D eigenvalue weighted by molar-refractivity contribution is -0.336. The second-order valence-electron chi connectivity index (χ2n) is 30.1. The van der Waals surface area contributed by atoms with Crippen LogP contribution >= 0.6 is 0 Å². The molecular weight excluding hydrogens is 973 g/mol. The zero-order chi connectivity index (χ0) is 59.1. The molecule has 0 amide bonds. The van der Waals surface area contributed by atoms with Gasteiger partial charge in [0.15, 0.2) is 5.41 Å². The molecule has 10 fully saturated rings. The molecule has 6 unspecified atom stereocenters. The molecule has 0 radical (unpaired) electrons. The molecule has 10 saturated carbocycles. The Hall–Kier alpha value is -0.840. The van der Waals surface area contributed by atoms with E-state index in [1.165, 1.54) is 57.8 Å². The van der Waals surface area contributed by atoms with E-state index in [0.717, 1.165) is 81.8 Å². The summed E-state index contributed by atoms with van der Waals surface area (Å²) in [7, 11) is 0. The van der Waals surface area contributed by atoms with Gasteiger partial charge in [-0.2, -0.15) is 52.7 Å². The van der Waals surface area contributed by atoms with Crippen LogP contribution in [-0.4, -0.2) is 24.7 Å². The van der Waals surface area contributed by atoms with E-state index in [9.17, 15) is 52.7 Å². The highest BCUT2D eigenvalue weighted by Crippen LogP contribution is 2.85. The van der Waals surface area contributed by atoms with Crippen LogP contribution in [0.1, 0.15) is 238 Å². The minimum absolute atomic E-state index is 0.0430. The highest BCUT2D eigenvalue weighted by Gasteiger charge is 2.99. The van der Waals surface area contributed by atoms with Crippen LogP contribution < -0.4 is 0 Å². The monoisotopic (exact) mass is 1080 g/mol. The standard InChI is InChI=1S/C8H7F9.C8H16.C7H14.C6H9F3.3C6H12.3C5H10/c1-3-4(2,6(9,10)11)5(3,7(12,13)14)8(15,16)17;1-6-7(2,3)8(6,4)5;1-5-4-6(2)7(5)3;1-3-4(2)5(3)6(7,8)9;1-5-4-6(5,2)3;1-5-3-6(2)4-5;1-4-5(2)6(4)3;2*1-5(2)3-4-5;1-4-3-5(4)2/h3H,1-2H3;6H,1-5H3;5-7H,4H2,1-3H3;3-5H,1-2H3;5H,4H2,1-3H3;5-6H,3-4H2,1-2H3;4-6H,1-3H3;2*3-4H2,1-2H3;4-5H,3H2,1-2H3/t3-,4?;;;3-,4?,5?;5-;;;;;4-,5?/m1..11....1/s1.